The second-order valence-corrected chi connectivity index (χ2v) is 5.77. The second-order valence-electron chi connectivity index (χ2n) is 3.61. The summed E-state index contributed by atoms with van der Waals surface area (Å²) in [5.74, 6) is -0.248. The standard InChI is InChI=1S/C11H11BrN2O2S/c1-13-10(15)5-9-11(16)14-7-4-6(12)2-3-8(7)17-9/h2-4,9H,5H2,1H3,(H,13,15)(H,14,16). The predicted octanol–water partition coefficient (Wildman–Crippen LogP) is 2.00. The Labute approximate surface area is 112 Å². The number of carbonyl (C=O) groups is 2. The summed E-state index contributed by atoms with van der Waals surface area (Å²) in [6, 6.07) is 5.71. The van der Waals surface area contributed by atoms with Gasteiger partial charge in [-0.05, 0) is 18.2 Å². The van der Waals surface area contributed by atoms with Gasteiger partial charge in [0.25, 0.3) is 0 Å². The first-order chi connectivity index (χ1) is 8.10. The van der Waals surface area contributed by atoms with Gasteiger partial charge in [-0.25, -0.2) is 0 Å². The van der Waals surface area contributed by atoms with Crippen LogP contribution in [0.25, 0.3) is 0 Å². The third kappa shape index (κ3) is 2.81. The Morgan fingerprint density at radius 1 is 1.59 bits per heavy atom. The molecule has 4 nitrogen and oxygen atoms in total. The number of anilines is 1. The lowest BCUT2D eigenvalue weighted by atomic mass is 10.2. The molecule has 0 spiro atoms. The van der Waals surface area contributed by atoms with Gasteiger partial charge in [-0.2, -0.15) is 0 Å². The summed E-state index contributed by atoms with van der Waals surface area (Å²) in [6.45, 7) is 0. The normalized spacial score (nSPS) is 18.2. The molecule has 17 heavy (non-hydrogen) atoms. The first-order valence-corrected chi connectivity index (χ1v) is 6.75. The van der Waals surface area contributed by atoms with Crippen LogP contribution in [0.15, 0.2) is 27.6 Å². The molecule has 2 rings (SSSR count). The van der Waals surface area contributed by atoms with Crippen LogP contribution in [0, 0.1) is 0 Å². The van der Waals surface area contributed by atoms with Crippen molar-refractivity contribution in [3.8, 4) is 0 Å². The van der Waals surface area contributed by atoms with E-state index < -0.39 is 0 Å². The lowest BCUT2D eigenvalue weighted by Crippen LogP contribution is -2.33. The number of hydrogen-bond donors (Lipinski definition) is 2. The van der Waals surface area contributed by atoms with Gasteiger partial charge in [0.15, 0.2) is 0 Å². The summed E-state index contributed by atoms with van der Waals surface area (Å²) >= 11 is 4.78. The fourth-order valence-electron chi connectivity index (χ4n) is 1.53. The number of thioether (sulfide) groups is 1. The molecule has 0 saturated heterocycles. The van der Waals surface area contributed by atoms with Crippen LogP contribution in [-0.4, -0.2) is 24.1 Å². The molecule has 0 fully saturated rings. The maximum atomic E-state index is 11.8. The molecule has 90 valence electrons. The predicted molar refractivity (Wildman–Crippen MR) is 71.1 cm³/mol. The molecule has 2 amide bonds. The van der Waals surface area contributed by atoms with Crippen LogP contribution in [0.3, 0.4) is 0 Å². The van der Waals surface area contributed by atoms with Gasteiger partial charge in [-0.1, -0.05) is 15.9 Å². The number of halogens is 1. The zero-order valence-electron chi connectivity index (χ0n) is 9.12. The molecule has 0 saturated carbocycles. The molecule has 0 radical (unpaired) electrons. The van der Waals surface area contributed by atoms with Crippen molar-refractivity contribution in [2.75, 3.05) is 12.4 Å². The van der Waals surface area contributed by atoms with Crippen molar-refractivity contribution in [3.63, 3.8) is 0 Å². The molecule has 0 aromatic heterocycles. The lowest BCUT2D eigenvalue weighted by molar-refractivity contribution is -0.123. The molecule has 1 unspecified atom stereocenters. The van der Waals surface area contributed by atoms with Crippen LogP contribution in [0.1, 0.15) is 6.42 Å². The Morgan fingerprint density at radius 2 is 2.35 bits per heavy atom. The minimum atomic E-state index is -0.358. The maximum Gasteiger partial charge on any atom is 0.238 e. The van der Waals surface area contributed by atoms with E-state index in [9.17, 15) is 9.59 Å². The monoisotopic (exact) mass is 314 g/mol. The van der Waals surface area contributed by atoms with Crippen molar-refractivity contribution < 1.29 is 9.59 Å². The molecule has 1 aromatic rings. The Hall–Kier alpha value is -1.01. The summed E-state index contributed by atoms with van der Waals surface area (Å²) in [7, 11) is 1.57. The van der Waals surface area contributed by atoms with E-state index in [2.05, 4.69) is 26.6 Å². The first-order valence-electron chi connectivity index (χ1n) is 5.08. The summed E-state index contributed by atoms with van der Waals surface area (Å²) in [4.78, 5) is 24.1. The number of benzene rings is 1. The van der Waals surface area contributed by atoms with Crippen LogP contribution in [0.5, 0.6) is 0 Å². The highest BCUT2D eigenvalue weighted by molar-refractivity contribution is 9.10. The zero-order chi connectivity index (χ0) is 12.4. The first kappa shape index (κ1) is 12.4. The highest BCUT2D eigenvalue weighted by atomic mass is 79.9. The van der Waals surface area contributed by atoms with Crippen LogP contribution < -0.4 is 10.6 Å². The van der Waals surface area contributed by atoms with E-state index in [1.165, 1.54) is 11.8 Å². The van der Waals surface area contributed by atoms with E-state index in [1.54, 1.807) is 7.05 Å². The van der Waals surface area contributed by atoms with Crippen molar-refractivity contribution in [2.24, 2.45) is 0 Å². The summed E-state index contributed by atoms with van der Waals surface area (Å²) in [5.41, 5.74) is 0.794. The molecule has 2 N–H and O–H groups in total. The summed E-state index contributed by atoms with van der Waals surface area (Å²) in [5, 5.41) is 4.98. The van der Waals surface area contributed by atoms with Crippen molar-refractivity contribution in [1.82, 2.24) is 5.32 Å². The smallest absolute Gasteiger partial charge is 0.238 e. The van der Waals surface area contributed by atoms with Crippen LogP contribution in [0.2, 0.25) is 0 Å². The lowest BCUT2D eigenvalue weighted by Gasteiger charge is -2.23. The minimum absolute atomic E-state index is 0.121. The zero-order valence-corrected chi connectivity index (χ0v) is 11.5. The number of carbonyl (C=O) groups excluding carboxylic acids is 2. The molecule has 1 aliphatic heterocycles. The van der Waals surface area contributed by atoms with Gasteiger partial charge >= 0.3 is 0 Å². The number of fused-ring (bicyclic) bond motifs is 1. The van der Waals surface area contributed by atoms with Gasteiger partial charge in [0, 0.05) is 22.8 Å². The molecule has 6 heteroatoms. The molecule has 0 aliphatic carbocycles. The van der Waals surface area contributed by atoms with Crippen molar-refractivity contribution in [3.05, 3.63) is 22.7 Å². The molecule has 0 bridgehead atoms. The number of nitrogens with one attached hydrogen (secondary N) is 2. The topological polar surface area (TPSA) is 58.2 Å². The molecular formula is C11H11BrN2O2S. The Balaban J connectivity index is 2.18. The van der Waals surface area contributed by atoms with E-state index in [0.29, 0.717) is 0 Å². The highest BCUT2D eigenvalue weighted by Crippen LogP contribution is 2.38. The third-order valence-corrected chi connectivity index (χ3v) is 4.18. The van der Waals surface area contributed by atoms with E-state index in [1.807, 2.05) is 18.2 Å². The van der Waals surface area contributed by atoms with E-state index in [0.717, 1.165) is 15.1 Å². The van der Waals surface area contributed by atoms with E-state index >= 15 is 0 Å². The fourth-order valence-corrected chi connectivity index (χ4v) is 2.98. The number of hydrogen-bond acceptors (Lipinski definition) is 3. The van der Waals surface area contributed by atoms with Gasteiger partial charge in [-0.3, -0.25) is 9.59 Å². The molecule has 1 aliphatic rings. The average molecular weight is 315 g/mol. The molecular weight excluding hydrogens is 304 g/mol. The average Bonchev–Trinajstić information content (AvgIpc) is 2.30. The van der Waals surface area contributed by atoms with Crippen molar-refractivity contribution in [1.29, 1.82) is 0 Å². The van der Waals surface area contributed by atoms with E-state index in [4.69, 9.17) is 0 Å². The van der Waals surface area contributed by atoms with Crippen molar-refractivity contribution in [2.45, 2.75) is 16.6 Å². The second kappa shape index (κ2) is 5.10. The van der Waals surface area contributed by atoms with Crippen LogP contribution >= 0.6 is 27.7 Å². The van der Waals surface area contributed by atoms with Gasteiger partial charge in [0.05, 0.1) is 10.9 Å². The van der Waals surface area contributed by atoms with Crippen LogP contribution in [-0.2, 0) is 9.59 Å². The van der Waals surface area contributed by atoms with Gasteiger partial charge in [0.2, 0.25) is 11.8 Å². The largest absolute Gasteiger partial charge is 0.359 e. The quantitative estimate of drug-likeness (QED) is 0.877. The Morgan fingerprint density at radius 3 is 3.06 bits per heavy atom. The van der Waals surface area contributed by atoms with Gasteiger partial charge in [0.1, 0.15) is 0 Å². The Bertz CT molecular complexity index is 479. The van der Waals surface area contributed by atoms with E-state index in [-0.39, 0.29) is 23.5 Å². The van der Waals surface area contributed by atoms with Crippen molar-refractivity contribution >= 4 is 45.2 Å². The van der Waals surface area contributed by atoms with Gasteiger partial charge < -0.3 is 10.6 Å². The third-order valence-electron chi connectivity index (χ3n) is 2.41. The van der Waals surface area contributed by atoms with Gasteiger partial charge in [-0.15, -0.1) is 11.8 Å². The number of rotatable bonds is 2. The highest BCUT2D eigenvalue weighted by Gasteiger charge is 2.28. The maximum absolute atomic E-state index is 11.8. The minimum Gasteiger partial charge on any atom is -0.359 e. The number of amides is 2. The molecule has 1 heterocycles. The Kier molecular flexibility index (Phi) is 3.73. The molecule has 1 atom stereocenters. The summed E-state index contributed by atoms with van der Waals surface area (Å²) < 4.78 is 0.918. The summed E-state index contributed by atoms with van der Waals surface area (Å²) in [6.07, 6.45) is 0.197. The fraction of sp³-hybridized carbons (Fsp3) is 0.273. The molecule has 1 aromatic carbocycles. The van der Waals surface area contributed by atoms with Crippen LogP contribution in [0.4, 0.5) is 5.69 Å². The SMILES string of the molecule is CNC(=O)CC1Sc2ccc(Br)cc2NC1=O.